The normalized spacial score (nSPS) is 20.4. The number of likely N-dealkylation sites (tertiary alicyclic amines) is 1. The van der Waals surface area contributed by atoms with Crippen molar-refractivity contribution in [2.45, 2.75) is 31.9 Å². The van der Waals surface area contributed by atoms with E-state index in [1.807, 2.05) is 16.2 Å². The lowest BCUT2D eigenvalue weighted by Gasteiger charge is -2.47. The summed E-state index contributed by atoms with van der Waals surface area (Å²) in [5.41, 5.74) is 1.78. The van der Waals surface area contributed by atoms with Gasteiger partial charge in [0.15, 0.2) is 0 Å². The van der Waals surface area contributed by atoms with Gasteiger partial charge >= 0.3 is 0 Å². The van der Waals surface area contributed by atoms with Crippen LogP contribution in [0.3, 0.4) is 0 Å². The number of hydrogen-bond acceptors (Lipinski definition) is 6. The molecule has 0 aromatic carbocycles. The second kappa shape index (κ2) is 7.42. The second-order valence-corrected chi connectivity index (χ2v) is 8.19. The van der Waals surface area contributed by atoms with Crippen molar-refractivity contribution in [3.8, 4) is 0 Å². The van der Waals surface area contributed by atoms with Gasteiger partial charge in [0, 0.05) is 31.1 Å². The standard InChI is InChI=1S/C19H24N4O2S/c1-15-3-11-26-17(15)13-22-7-4-19(5-8-22)14-23(9-10-25-19)18(24)16-2-6-20-21-12-16/h2-3,6,11-12H,4-5,7-10,13-14H2,1H3. The molecule has 4 rings (SSSR count). The van der Waals surface area contributed by atoms with Crippen molar-refractivity contribution in [3.63, 3.8) is 0 Å². The number of aryl methyl sites for hydroxylation is 1. The third-order valence-electron chi connectivity index (χ3n) is 5.47. The molecule has 0 bridgehead atoms. The van der Waals surface area contributed by atoms with Gasteiger partial charge in [-0.1, -0.05) is 0 Å². The molecule has 138 valence electrons. The number of morpholine rings is 1. The topological polar surface area (TPSA) is 58.6 Å². The van der Waals surface area contributed by atoms with Crippen molar-refractivity contribution in [2.24, 2.45) is 0 Å². The first-order valence-corrected chi connectivity index (χ1v) is 9.98. The Morgan fingerprint density at radius 1 is 1.27 bits per heavy atom. The minimum atomic E-state index is -0.199. The summed E-state index contributed by atoms with van der Waals surface area (Å²) in [5, 5.41) is 9.74. The van der Waals surface area contributed by atoms with Crippen LogP contribution in [0.4, 0.5) is 0 Å². The summed E-state index contributed by atoms with van der Waals surface area (Å²) in [7, 11) is 0. The molecule has 2 aromatic heterocycles. The maximum atomic E-state index is 12.7. The smallest absolute Gasteiger partial charge is 0.255 e. The molecule has 2 fully saturated rings. The maximum absolute atomic E-state index is 12.7. The number of nitrogens with zero attached hydrogens (tertiary/aromatic N) is 4. The van der Waals surface area contributed by atoms with Crippen molar-refractivity contribution in [1.29, 1.82) is 0 Å². The number of carbonyl (C=O) groups is 1. The van der Waals surface area contributed by atoms with E-state index in [1.54, 1.807) is 12.3 Å². The Morgan fingerprint density at radius 3 is 2.81 bits per heavy atom. The highest BCUT2D eigenvalue weighted by molar-refractivity contribution is 7.10. The Balaban J connectivity index is 1.37. The summed E-state index contributed by atoms with van der Waals surface area (Å²) in [6.45, 7) is 7.13. The van der Waals surface area contributed by atoms with E-state index in [0.29, 0.717) is 25.3 Å². The fourth-order valence-corrected chi connectivity index (χ4v) is 4.76. The van der Waals surface area contributed by atoms with Crippen molar-refractivity contribution in [2.75, 3.05) is 32.8 Å². The molecule has 1 spiro atoms. The lowest BCUT2D eigenvalue weighted by Crippen LogP contribution is -2.57. The monoisotopic (exact) mass is 372 g/mol. The van der Waals surface area contributed by atoms with Crippen molar-refractivity contribution in [1.82, 2.24) is 20.0 Å². The molecule has 2 aliphatic rings. The molecule has 6 nitrogen and oxygen atoms in total. The van der Waals surface area contributed by atoms with E-state index in [2.05, 4.69) is 33.5 Å². The summed E-state index contributed by atoms with van der Waals surface area (Å²) in [4.78, 5) is 18.6. The molecule has 0 unspecified atom stereocenters. The first-order valence-electron chi connectivity index (χ1n) is 9.10. The highest BCUT2D eigenvalue weighted by Gasteiger charge is 2.41. The average Bonchev–Trinajstić information content (AvgIpc) is 3.09. The molecule has 1 amide bonds. The van der Waals surface area contributed by atoms with Crippen LogP contribution in [-0.2, 0) is 11.3 Å². The fraction of sp³-hybridized carbons (Fsp3) is 0.526. The number of hydrogen-bond donors (Lipinski definition) is 0. The van der Waals surface area contributed by atoms with Gasteiger partial charge in [-0.3, -0.25) is 9.69 Å². The molecule has 0 aliphatic carbocycles. The first-order chi connectivity index (χ1) is 12.7. The van der Waals surface area contributed by atoms with Crippen LogP contribution in [0, 0.1) is 6.92 Å². The van der Waals surface area contributed by atoms with E-state index in [-0.39, 0.29) is 11.5 Å². The minimum Gasteiger partial charge on any atom is -0.371 e. The Bertz CT molecular complexity index is 756. The van der Waals surface area contributed by atoms with E-state index in [9.17, 15) is 4.79 Å². The van der Waals surface area contributed by atoms with Gasteiger partial charge in [0.2, 0.25) is 0 Å². The number of thiophene rings is 1. The Labute approximate surface area is 157 Å². The van der Waals surface area contributed by atoms with E-state index in [0.717, 1.165) is 32.5 Å². The number of rotatable bonds is 3. The molecule has 26 heavy (non-hydrogen) atoms. The molecule has 0 saturated carbocycles. The van der Waals surface area contributed by atoms with Crippen LogP contribution in [0.15, 0.2) is 29.9 Å². The second-order valence-electron chi connectivity index (χ2n) is 7.19. The molecule has 7 heteroatoms. The van der Waals surface area contributed by atoms with E-state index < -0.39 is 0 Å². The Morgan fingerprint density at radius 2 is 2.12 bits per heavy atom. The molecule has 2 saturated heterocycles. The zero-order chi connectivity index (χ0) is 18.0. The van der Waals surface area contributed by atoms with Gasteiger partial charge in [0.1, 0.15) is 0 Å². The van der Waals surface area contributed by atoms with Crippen LogP contribution in [-0.4, -0.2) is 64.3 Å². The molecule has 2 aliphatic heterocycles. The van der Waals surface area contributed by atoms with Gasteiger partial charge in [0.05, 0.1) is 36.7 Å². The third-order valence-corrected chi connectivity index (χ3v) is 6.48. The number of ether oxygens (including phenoxy) is 1. The minimum absolute atomic E-state index is 0.0271. The van der Waals surface area contributed by atoms with Gasteiger partial charge in [0.25, 0.3) is 5.91 Å². The van der Waals surface area contributed by atoms with E-state index in [1.165, 1.54) is 16.6 Å². The molecule has 4 heterocycles. The Kier molecular flexibility index (Phi) is 5.02. The summed E-state index contributed by atoms with van der Waals surface area (Å²) in [5.74, 6) is 0.0271. The van der Waals surface area contributed by atoms with Gasteiger partial charge in [-0.2, -0.15) is 10.2 Å². The molecule has 0 atom stereocenters. The molecular formula is C19H24N4O2S. The number of amides is 1. The Hall–Kier alpha value is -1.83. The summed E-state index contributed by atoms with van der Waals surface area (Å²) in [6, 6.07) is 3.91. The van der Waals surface area contributed by atoms with Crippen LogP contribution in [0.5, 0.6) is 0 Å². The fourth-order valence-electron chi connectivity index (χ4n) is 3.81. The molecular weight excluding hydrogens is 348 g/mol. The highest BCUT2D eigenvalue weighted by Crippen LogP contribution is 2.32. The zero-order valence-corrected chi connectivity index (χ0v) is 15.9. The number of carbonyl (C=O) groups excluding carboxylic acids is 1. The van der Waals surface area contributed by atoms with Gasteiger partial charge in [-0.25, -0.2) is 0 Å². The highest BCUT2D eigenvalue weighted by atomic mass is 32.1. The average molecular weight is 372 g/mol. The van der Waals surface area contributed by atoms with Crippen LogP contribution in [0.2, 0.25) is 0 Å². The summed E-state index contributed by atoms with van der Waals surface area (Å²) >= 11 is 1.84. The van der Waals surface area contributed by atoms with Crippen LogP contribution in [0.25, 0.3) is 0 Å². The van der Waals surface area contributed by atoms with Gasteiger partial charge < -0.3 is 9.64 Å². The quantitative estimate of drug-likeness (QED) is 0.828. The zero-order valence-electron chi connectivity index (χ0n) is 15.1. The van der Waals surface area contributed by atoms with Gasteiger partial charge in [-0.15, -0.1) is 11.3 Å². The predicted molar refractivity (Wildman–Crippen MR) is 100 cm³/mol. The van der Waals surface area contributed by atoms with Crippen LogP contribution in [0.1, 0.15) is 33.6 Å². The number of piperidine rings is 1. The third kappa shape index (κ3) is 3.65. The van der Waals surface area contributed by atoms with Crippen molar-refractivity contribution in [3.05, 3.63) is 45.9 Å². The largest absolute Gasteiger partial charge is 0.371 e. The molecule has 0 radical (unpaired) electrons. The van der Waals surface area contributed by atoms with E-state index in [4.69, 9.17) is 4.74 Å². The summed E-state index contributed by atoms with van der Waals surface area (Å²) < 4.78 is 6.18. The predicted octanol–water partition coefficient (Wildman–Crippen LogP) is 2.35. The number of aromatic nitrogens is 2. The van der Waals surface area contributed by atoms with Crippen molar-refractivity contribution < 1.29 is 9.53 Å². The first kappa shape index (κ1) is 17.6. The lowest BCUT2D eigenvalue weighted by molar-refractivity contribution is -0.127. The SMILES string of the molecule is Cc1ccsc1CN1CCC2(CC1)CN(C(=O)c1ccnnc1)CCO2. The maximum Gasteiger partial charge on any atom is 0.255 e. The van der Waals surface area contributed by atoms with Crippen LogP contribution >= 0.6 is 11.3 Å². The molecule has 0 N–H and O–H groups in total. The molecule has 2 aromatic rings. The van der Waals surface area contributed by atoms with Crippen LogP contribution < -0.4 is 0 Å². The van der Waals surface area contributed by atoms with Gasteiger partial charge in [-0.05, 0) is 42.8 Å². The van der Waals surface area contributed by atoms with Crippen molar-refractivity contribution >= 4 is 17.2 Å². The lowest BCUT2D eigenvalue weighted by atomic mass is 9.89. The van der Waals surface area contributed by atoms with E-state index >= 15 is 0 Å². The summed E-state index contributed by atoms with van der Waals surface area (Å²) in [6.07, 6.45) is 5.04.